The Bertz CT molecular complexity index is 721. The Labute approximate surface area is 306 Å². The Balaban J connectivity index is 2.15. The summed E-state index contributed by atoms with van der Waals surface area (Å²) in [6.07, 6.45) is 43.5. The summed E-state index contributed by atoms with van der Waals surface area (Å²) >= 11 is 0. The van der Waals surface area contributed by atoms with Crippen molar-refractivity contribution in [2.75, 3.05) is 13.2 Å². The number of hydrogen-bond acceptors (Lipinski definition) is 4. The molecule has 0 unspecified atom stereocenters. The molecule has 4 heteroatoms. The topological polar surface area (TPSA) is 52.6 Å². The van der Waals surface area contributed by atoms with Gasteiger partial charge >= 0.3 is 11.9 Å². The van der Waals surface area contributed by atoms with Crippen LogP contribution in [0.1, 0.15) is 245 Å². The molecule has 0 aromatic carbocycles. The molecular weight excluding hydrogens is 604 g/mol. The molecule has 0 aliphatic heterocycles. The van der Waals surface area contributed by atoms with Crippen LogP contribution in [-0.4, -0.2) is 25.2 Å². The molecule has 1 fully saturated rings. The molecule has 0 amide bonds. The molecule has 0 radical (unpaired) electrons. The first-order chi connectivity index (χ1) is 24.1. The summed E-state index contributed by atoms with van der Waals surface area (Å²) in [4.78, 5) is 25.4. The van der Waals surface area contributed by atoms with Crippen molar-refractivity contribution in [2.24, 2.45) is 17.8 Å². The Kier molecular flexibility index (Phi) is 33.2. The molecule has 0 saturated heterocycles. The predicted octanol–water partition coefficient (Wildman–Crippen LogP) is 14.6. The van der Waals surface area contributed by atoms with Crippen LogP contribution in [0, 0.1) is 17.8 Å². The fraction of sp³-hybridized carbons (Fsp3) is 0.956. The average Bonchev–Trinajstić information content (AvgIpc) is 3.11. The van der Waals surface area contributed by atoms with E-state index in [1.54, 1.807) is 0 Å². The SMILES string of the molecule is CCCCCCCCCCCCOC(=O)CCCCCCC[C@H]1CC[C@H](CCCCCC)[C@H](C(=O)OCCCCCCCCCCCC)C1. The van der Waals surface area contributed by atoms with Crippen LogP contribution in [0.25, 0.3) is 0 Å². The number of esters is 2. The third kappa shape index (κ3) is 28.2. The summed E-state index contributed by atoms with van der Waals surface area (Å²) in [7, 11) is 0. The highest BCUT2D eigenvalue weighted by Gasteiger charge is 2.35. The normalized spacial score (nSPS) is 17.7. The highest BCUT2D eigenvalue weighted by atomic mass is 16.5. The van der Waals surface area contributed by atoms with Gasteiger partial charge in [-0.3, -0.25) is 9.59 Å². The minimum absolute atomic E-state index is 0.00604. The Morgan fingerprint density at radius 2 is 0.857 bits per heavy atom. The first-order valence-electron chi connectivity index (χ1n) is 22.4. The number of hydrogen-bond donors (Lipinski definition) is 0. The van der Waals surface area contributed by atoms with Crippen molar-refractivity contribution in [2.45, 2.75) is 245 Å². The lowest BCUT2D eigenvalue weighted by Gasteiger charge is -2.35. The van der Waals surface area contributed by atoms with E-state index in [1.807, 2.05) is 0 Å². The molecule has 4 nitrogen and oxygen atoms in total. The van der Waals surface area contributed by atoms with Gasteiger partial charge in [0.2, 0.25) is 0 Å². The van der Waals surface area contributed by atoms with E-state index in [2.05, 4.69) is 20.8 Å². The maximum absolute atomic E-state index is 13.3. The third-order valence-electron chi connectivity index (χ3n) is 11.3. The summed E-state index contributed by atoms with van der Waals surface area (Å²) in [6.45, 7) is 8.04. The van der Waals surface area contributed by atoms with Crippen molar-refractivity contribution >= 4 is 11.9 Å². The molecule has 0 bridgehead atoms. The highest BCUT2D eigenvalue weighted by molar-refractivity contribution is 5.73. The van der Waals surface area contributed by atoms with Gasteiger partial charge in [0.1, 0.15) is 0 Å². The monoisotopic (exact) mass is 691 g/mol. The molecule has 1 aliphatic rings. The fourth-order valence-electron chi connectivity index (χ4n) is 8.00. The van der Waals surface area contributed by atoms with Crippen LogP contribution < -0.4 is 0 Å². The molecule has 0 spiro atoms. The first-order valence-corrected chi connectivity index (χ1v) is 22.4. The van der Waals surface area contributed by atoms with Gasteiger partial charge in [-0.25, -0.2) is 0 Å². The number of carbonyl (C=O) groups is 2. The van der Waals surface area contributed by atoms with Gasteiger partial charge in [0, 0.05) is 6.42 Å². The predicted molar refractivity (Wildman–Crippen MR) is 211 cm³/mol. The zero-order chi connectivity index (χ0) is 35.5. The van der Waals surface area contributed by atoms with Gasteiger partial charge in [-0.15, -0.1) is 0 Å². The van der Waals surface area contributed by atoms with Gasteiger partial charge in [-0.05, 0) is 50.4 Å². The van der Waals surface area contributed by atoms with Gasteiger partial charge in [0.15, 0.2) is 0 Å². The Morgan fingerprint density at radius 1 is 0.449 bits per heavy atom. The van der Waals surface area contributed by atoms with Crippen LogP contribution in [0.2, 0.25) is 0 Å². The number of ether oxygens (including phenoxy) is 2. The van der Waals surface area contributed by atoms with Crippen LogP contribution in [-0.2, 0) is 19.1 Å². The average molecular weight is 691 g/mol. The van der Waals surface area contributed by atoms with Crippen molar-refractivity contribution in [3.05, 3.63) is 0 Å². The summed E-state index contributed by atoms with van der Waals surface area (Å²) in [5.74, 6) is 1.42. The minimum Gasteiger partial charge on any atom is -0.466 e. The van der Waals surface area contributed by atoms with E-state index in [1.165, 1.54) is 186 Å². The summed E-state index contributed by atoms with van der Waals surface area (Å²) in [6, 6.07) is 0. The van der Waals surface area contributed by atoms with Crippen LogP contribution >= 0.6 is 0 Å². The molecule has 1 aliphatic carbocycles. The molecule has 0 heterocycles. The van der Waals surface area contributed by atoms with Gasteiger partial charge in [-0.1, -0.05) is 201 Å². The fourth-order valence-corrected chi connectivity index (χ4v) is 8.00. The van der Waals surface area contributed by atoms with Crippen LogP contribution in [0.4, 0.5) is 0 Å². The van der Waals surface area contributed by atoms with E-state index < -0.39 is 0 Å². The largest absolute Gasteiger partial charge is 0.466 e. The van der Waals surface area contributed by atoms with Crippen molar-refractivity contribution in [1.82, 2.24) is 0 Å². The quantitative estimate of drug-likeness (QED) is 0.0485. The first kappa shape index (κ1) is 46.0. The Morgan fingerprint density at radius 3 is 1.39 bits per heavy atom. The van der Waals surface area contributed by atoms with Crippen LogP contribution in [0.3, 0.4) is 0 Å². The zero-order valence-electron chi connectivity index (χ0n) is 33.5. The molecule has 0 aromatic heterocycles. The maximum Gasteiger partial charge on any atom is 0.309 e. The molecule has 49 heavy (non-hydrogen) atoms. The van der Waals surface area contributed by atoms with Gasteiger partial charge in [0.25, 0.3) is 0 Å². The number of unbranched alkanes of at least 4 members (excludes halogenated alkanes) is 25. The lowest BCUT2D eigenvalue weighted by molar-refractivity contribution is -0.153. The summed E-state index contributed by atoms with van der Waals surface area (Å²) in [5, 5.41) is 0. The smallest absolute Gasteiger partial charge is 0.309 e. The van der Waals surface area contributed by atoms with E-state index in [4.69, 9.17) is 9.47 Å². The minimum atomic E-state index is -0.00604. The van der Waals surface area contributed by atoms with Crippen molar-refractivity contribution < 1.29 is 19.1 Å². The van der Waals surface area contributed by atoms with Gasteiger partial charge in [0.05, 0.1) is 19.1 Å². The highest BCUT2D eigenvalue weighted by Crippen LogP contribution is 2.40. The summed E-state index contributed by atoms with van der Waals surface area (Å²) in [5.41, 5.74) is 0. The molecule has 1 saturated carbocycles. The second-order valence-corrected chi connectivity index (χ2v) is 16.0. The second-order valence-electron chi connectivity index (χ2n) is 16.0. The van der Waals surface area contributed by atoms with Gasteiger partial charge < -0.3 is 9.47 Å². The van der Waals surface area contributed by atoms with E-state index in [-0.39, 0.29) is 17.9 Å². The molecule has 0 N–H and O–H groups in total. The van der Waals surface area contributed by atoms with E-state index >= 15 is 0 Å². The standard InChI is InChI=1S/C45H86O4/c1-4-7-10-13-15-17-19-21-26-31-38-48-44(46)35-30-25-23-24-28-33-41-36-37-42(34-29-12-9-6-3)43(40-41)45(47)49-39-32-27-22-20-18-16-14-11-8-5-2/h41-43H,4-40H2,1-3H3/t41-,42-,43+/m0/s1. The number of rotatable bonds is 36. The van der Waals surface area contributed by atoms with Crippen LogP contribution in [0.5, 0.6) is 0 Å². The van der Waals surface area contributed by atoms with Gasteiger partial charge in [-0.2, -0.15) is 0 Å². The second kappa shape index (κ2) is 35.3. The zero-order valence-corrected chi connectivity index (χ0v) is 33.5. The molecule has 3 atom stereocenters. The van der Waals surface area contributed by atoms with Crippen LogP contribution in [0.15, 0.2) is 0 Å². The lowest BCUT2D eigenvalue weighted by atomic mass is 9.71. The lowest BCUT2D eigenvalue weighted by Crippen LogP contribution is -2.32. The van der Waals surface area contributed by atoms with Crippen molar-refractivity contribution in [3.63, 3.8) is 0 Å². The summed E-state index contributed by atoms with van der Waals surface area (Å²) < 4.78 is 11.4. The Hall–Kier alpha value is -1.06. The molecule has 1 rings (SSSR count). The van der Waals surface area contributed by atoms with E-state index in [0.717, 1.165) is 32.1 Å². The molecule has 290 valence electrons. The third-order valence-corrected chi connectivity index (χ3v) is 11.3. The van der Waals surface area contributed by atoms with E-state index in [0.29, 0.717) is 31.5 Å². The maximum atomic E-state index is 13.3. The van der Waals surface area contributed by atoms with Crippen molar-refractivity contribution in [1.29, 1.82) is 0 Å². The molecule has 0 aromatic rings. The van der Waals surface area contributed by atoms with E-state index in [9.17, 15) is 9.59 Å². The number of carbonyl (C=O) groups excluding carboxylic acids is 2. The van der Waals surface area contributed by atoms with Crippen molar-refractivity contribution in [3.8, 4) is 0 Å². The molecular formula is C45H86O4.